The van der Waals surface area contributed by atoms with Crippen LogP contribution in [0.2, 0.25) is 0 Å². The van der Waals surface area contributed by atoms with Gasteiger partial charge in [-0.05, 0) is 43.7 Å². The lowest BCUT2D eigenvalue weighted by molar-refractivity contribution is -0.117. The smallest absolute Gasteiger partial charge is 0.142 e. The molecular weight excluding hydrogens is 332 g/mol. The molecule has 0 spiro atoms. The van der Waals surface area contributed by atoms with E-state index in [0.717, 1.165) is 14.9 Å². The molecule has 100 valence electrons. The Morgan fingerprint density at radius 3 is 2.60 bits per heavy atom. The molecule has 0 N–H and O–H groups in total. The van der Waals surface area contributed by atoms with Gasteiger partial charge in [0.05, 0.1) is 0 Å². The van der Waals surface area contributed by atoms with E-state index >= 15 is 0 Å². The molecule has 0 fully saturated rings. The fourth-order valence-corrected chi connectivity index (χ4v) is 3.87. The molecule has 1 nitrogen and oxygen atoms in total. The van der Waals surface area contributed by atoms with Gasteiger partial charge in [0.1, 0.15) is 5.78 Å². The summed E-state index contributed by atoms with van der Waals surface area (Å²) in [6, 6.07) is 16.3. The summed E-state index contributed by atoms with van der Waals surface area (Å²) in [5.74, 6) is 0.254. The van der Waals surface area contributed by atoms with E-state index in [1.807, 2.05) is 35.7 Å². The second-order valence-electron chi connectivity index (χ2n) is 4.72. The van der Waals surface area contributed by atoms with Gasteiger partial charge in [0.15, 0.2) is 0 Å². The molecule has 0 amide bonds. The van der Waals surface area contributed by atoms with Crippen LogP contribution < -0.4 is 0 Å². The minimum Gasteiger partial charge on any atom is -0.299 e. The van der Waals surface area contributed by atoms with E-state index < -0.39 is 0 Å². The van der Waals surface area contributed by atoms with Crippen LogP contribution in [-0.2, 0) is 17.6 Å². The van der Waals surface area contributed by atoms with Crippen LogP contribution in [-0.4, -0.2) is 5.78 Å². The molecule has 3 rings (SSSR count). The highest BCUT2D eigenvalue weighted by atomic mass is 79.9. The van der Waals surface area contributed by atoms with Crippen molar-refractivity contribution in [2.75, 3.05) is 0 Å². The van der Waals surface area contributed by atoms with Crippen molar-refractivity contribution in [3.05, 3.63) is 68.8 Å². The van der Waals surface area contributed by atoms with Gasteiger partial charge in [-0.2, -0.15) is 0 Å². The van der Waals surface area contributed by atoms with Crippen LogP contribution in [0.4, 0.5) is 0 Å². The normalized spacial score (nSPS) is 10.8. The topological polar surface area (TPSA) is 17.1 Å². The summed E-state index contributed by atoms with van der Waals surface area (Å²) in [5.41, 5.74) is 1.11. The number of rotatable bonds is 4. The number of benzene rings is 2. The number of halogens is 1. The van der Waals surface area contributed by atoms with Crippen LogP contribution in [0.5, 0.6) is 0 Å². The highest BCUT2D eigenvalue weighted by molar-refractivity contribution is 9.10. The lowest BCUT2D eigenvalue weighted by atomic mass is 9.99. The average Bonchev–Trinajstić information content (AvgIpc) is 2.85. The zero-order valence-corrected chi connectivity index (χ0v) is 13.2. The number of Topliss-reactive ketones (excluding diaryl/α,β-unsaturated/α-hetero) is 1. The summed E-state index contributed by atoms with van der Waals surface area (Å²) in [4.78, 5) is 13.4. The Balaban J connectivity index is 1.83. The molecule has 1 aromatic heterocycles. The second-order valence-corrected chi connectivity index (χ2v) is 6.58. The van der Waals surface area contributed by atoms with E-state index in [0.29, 0.717) is 12.8 Å². The number of carbonyl (C=O) groups is 1. The highest BCUT2D eigenvalue weighted by Crippen LogP contribution is 2.24. The van der Waals surface area contributed by atoms with Crippen molar-refractivity contribution in [2.24, 2.45) is 0 Å². The molecule has 3 heteroatoms. The van der Waals surface area contributed by atoms with Crippen molar-refractivity contribution in [3.63, 3.8) is 0 Å². The van der Waals surface area contributed by atoms with Gasteiger partial charge in [0, 0.05) is 22.2 Å². The maximum atomic E-state index is 12.3. The third-order valence-electron chi connectivity index (χ3n) is 3.32. The summed E-state index contributed by atoms with van der Waals surface area (Å²) in [6.07, 6.45) is 0.993. The van der Waals surface area contributed by atoms with Gasteiger partial charge < -0.3 is 0 Å². The maximum absolute atomic E-state index is 12.3. The largest absolute Gasteiger partial charge is 0.299 e. The van der Waals surface area contributed by atoms with Crippen molar-refractivity contribution in [1.82, 2.24) is 0 Å². The third kappa shape index (κ3) is 2.84. The van der Waals surface area contributed by atoms with E-state index in [2.05, 4.69) is 34.1 Å². The molecule has 0 unspecified atom stereocenters. The minimum atomic E-state index is 0.254. The first-order valence-electron chi connectivity index (χ1n) is 6.44. The zero-order valence-electron chi connectivity index (χ0n) is 10.8. The predicted molar refractivity (Wildman–Crippen MR) is 88.4 cm³/mol. The van der Waals surface area contributed by atoms with Gasteiger partial charge in [0.2, 0.25) is 0 Å². The number of fused-ring (bicyclic) bond motifs is 1. The predicted octanol–water partition coefficient (Wildman–Crippen LogP) is 5.02. The molecule has 0 saturated carbocycles. The van der Waals surface area contributed by atoms with Crippen molar-refractivity contribution in [3.8, 4) is 0 Å². The van der Waals surface area contributed by atoms with E-state index in [9.17, 15) is 4.79 Å². The van der Waals surface area contributed by atoms with E-state index in [1.165, 1.54) is 10.8 Å². The van der Waals surface area contributed by atoms with Crippen LogP contribution in [0.25, 0.3) is 10.8 Å². The molecule has 0 atom stereocenters. The number of hydrogen-bond donors (Lipinski definition) is 0. The summed E-state index contributed by atoms with van der Waals surface area (Å²) in [6.45, 7) is 0. The third-order valence-corrected chi connectivity index (χ3v) is 5.24. The molecule has 0 aliphatic carbocycles. The second kappa shape index (κ2) is 5.90. The van der Waals surface area contributed by atoms with Crippen LogP contribution in [0, 0.1) is 0 Å². The molecule has 20 heavy (non-hydrogen) atoms. The first kappa shape index (κ1) is 13.5. The Labute approximate surface area is 130 Å². The zero-order chi connectivity index (χ0) is 13.9. The summed E-state index contributed by atoms with van der Waals surface area (Å²) in [5, 5.41) is 4.37. The van der Waals surface area contributed by atoms with Crippen molar-refractivity contribution < 1.29 is 4.79 Å². The minimum absolute atomic E-state index is 0.254. The molecular formula is C17H13BrOS. The molecule has 0 radical (unpaired) electrons. The summed E-state index contributed by atoms with van der Waals surface area (Å²) >= 11 is 5.10. The van der Waals surface area contributed by atoms with E-state index in [-0.39, 0.29) is 5.78 Å². The van der Waals surface area contributed by atoms with Crippen molar-refractivity contribution in [1.29, 1.82) is 0 Å². The fourth-order valence-electron chi connectivity index (χ4n) is 2.35. The lowest BCUT2D eigenvalue weighted by Gasteiger charge is -2.06. The first-order chi connectivity index (χ1) is 9.74. The van der Waals surface area contributed by atoms with Crippen molar-refractivity contribution in [2.45, 2.75) is 12.8 Å². The Hall–Kier alpha value is -1.45. The standard InChI is InChI=1S/C17H13BrOS/c18-16-8-9-20-17(16)11-14(19)10-13-6-3-5-12-4-1-2-7-15(12)13/h1-9H,10-11H2. The highest BCUT2D eigenvalue weighted by Gasteiger charge is 2.10. The van der Waals surface area contributed by atoms with Crippen LogP contribution in [0.15, 0.2) is 58.4 Å². The number of carbonyl (C=O) groups excluding carboxylic acids is 1. The van der Waals surface area contributed by atoms with Gasteiger partial charge in [-0.15, -0.1) is 11.3 Å². The van der Waals surface area contributed by atoms with Crippen LogP contribution >= 0.6 is 27.3 Å². The lowest BCUT2D eigenvalue weighted by Crippen LogP contribution is -2.06. The molecule has 2 aromatic carbocycles. The average molecular weight is 345 g/mol. The van der Waals surface area contributed by atoms with Gasteiger partial charge >= 0.3 is 0 Å². The molecule has 0 aliphatic heterocycles. The monoisotopic (exact) mass is 344 g/mol. The Morgan fingerprint density at radius 1 is 1.00 bits per heavy atom. The Morgan fingerprint density at radius 2 is 1.80 bits per heavy atom. The Bertz CT molecular complexity index is 755. The van der Waals surface area contributed by atoms with Gasteiger partial charge in [-0.3, -0.25) is 4.79 Å². The van der Waals surface area contributed by atoms with Crippen molar-refractivity contribution >= 4 is 43.8 Å². The molecule has 1 heterocycles. The molecule has 0 bridgehead atoms. The summed E-state index contributed by atoms with van der Waals surface area (Å²) in [7, 11) is 0. The van der Waals surface area contributed by atoms with E-state index in [4.69, 9.17) is 0 Å². The number of thiophene rings is 1. The summed E-state index contributed by atoms with van der Waals surface area (Å²) < 4.78 is 1.04. The fraction of sp³-hybridized carbons (Fsp3) is 0.118. The molecule has 0 aliphatic rings. The molecule has 3 aromatic rings. The van der Waals surface area contributed by atoms with Gasteiger partial charge in [-0.25, -0.2) is 0 Å². The van der Waals surface area contributed by atoms with Crippen LogP contribution in [0.3, 0.4) is 0 Å². The first-order valence-corrected chi connectivity index (χ1v) is 8.11. The van der Waals surface area contributed by atoms with Gasteiger partial charge in [0.25, 0.3) is 0 Å². The Kier molecular flexibility index (Phi) is 3.99. The number of hydrogen-bond acceptors (Lipinski definition) is 2. The van der Waals surface area contributed by atoms with E-state index in [1.54, 1.807) is 11.3 Å². The number of ketones is 1. The quantitative estimate of drug-likeness (QED) is 0.649. The molecule has 0 saturated heterocycles. The maximum Gasteiger partial charge on any atom is 0.142 e. The van der Waals surface area contributed by atoms with Gasteiger partial charge in [-0.1, -0.05) is 42.5 Å². The SMILES string of the molecule is O=C(Cc1sccc1Br)Cc1cccc2ccccc12. The van der Waals surface area contributed by atoms with Crippen LogP contribution in [0.1, 0.15) is 10.4 Å².